The number of nitrogens with zero attached hydrogens (tertiary/aromatic N) is 5. The van der Waals surface area contributed by atoms with Gasteiger partial charge in [-0.3, -0.25) is 9.59 Å². The first kappa shape index (κ1) is 26.3. The van der Waals surface area contributed by atoms with Crippen molar-refractivity contribution in [2.45, 2.75) is 44.9 Å². The van der Waals surface area contributed by atoms with Crippen LogP contribution in [-0.4, -0.2) is 40.1 Å². The molecule has 0 saturated carbocycles. The lowest BCUT2D eigenvalue weighted by molar-refractivity contribution is -0.137. The van der Waals surface area contributed by atoms with E-state index in [4.69, 9.17) is 10.2 Å². The number of amides is 1. The quantitative estimate of drug-likeness (QED) is 0.525. The molecule has 0 radical (unpaired) electrons. The zero-order valence-electron chi connectivity index (χ0n) is 21.3. The topological polar surface area (TPSA) is 94.3 Å². The van der Waals surface area contributed by atoms with Crippen LogP contribution in [0.3, 0.4) is 0 Å². The van der Waals surface area contributed by atoms with E-state index in [9.17, 15) is 22.8 Å². The molecule has 8 nitrogen and oxygen atoms in total. The molecule has 1 saturated heterocycles. The van der Waals surface area contributed by atoms with Crippen LogP contribution in [0.15, 0.2) is 53.3 Å². The number of halogens is 3. The van der Waals surface area contributed by atoms with Gasteiger partial charge in [0.05, 0.1) is 41.0 Å². The standard InChI is InChI=1S/C28H27F3N6O2/c1-18(20-8-10-22(11-9-20)28(29,30)31)33-27-34-24-12-15-35(25(38)21-6-4-19(16-32)5-7-21)17-23(24)26(39)37(27)36-13-2-3-14-36/h4-11,18H,2-3,12-15,17H2,1H3,(H,33,34)/t18-/m1/s1. The van der Waals surface area contributed by atoms with Crippen LogP contribution in [0.2, 0.25) is 0 Å². The first-order chi connectivity index (χ1) is 18.7. The molecule has 202 valence electrons. The fraction of sp³-hybridized carbons (Fsp3) is 0.357. The molecule has 0 spiro atoms. The van der Waals surface area contributed by atoms with Crippen molar-refractivity contribution in [3.63, 3.8) is 0 Å². The van der Waals surface area contributed by atoms with E-state index in [1.807, 2.05) is 11.1 Å². The molecule has 0 aliphatic carbocycles. The van der Waals surface area contributed by atoms with Crippen molar-refractivity contribution in [2.75, 3.05) is 30.0 Å². The van der Waals surface area contributed by atoms with Crippen molar-refractivity contribution in [1.82, 2.24) is 14.6 Å². The first-order valence-corrected chi connectivity index (χ1v) is 12.8. The summed E-state index contributed by atoms with van der Waals surface area (Å²) < 4.78 is 40.5. The van der Waals surface area contributed by atoms with Crippen LogP contribution in [0.25, 0.3) is 0 Å². The van der Waals surface area contributed by atoms with Crippen molar-refractivity contribution in [2.24, 2.45) is 0 Å². The van der Waals surface area contributed by atoms with E-state index < -0.39 is 17.8 Å². The van der Waals surface area contributed by atoms with Gasteiger partial charge in [-0.2, -0.15) is 23.1 Å². The molecule has 1 N–H and O–H groups in total. The molecule has 3 aromatic rings. The molecule has 1 amide bonds. The number of hydrogen-bond acceptors (Lipinski definition) is 6. The van der Waals surface area contributed by atoms with Gasteiger partial charge in [0.2, 0.25) is 5.95 Å². The van der Waals surface area contributed by atoms with Gasteiger partial charge in [0.1, 0.15) is 0 Å². The van der Waals surface area contributed by atoms with Crippen molar-refractivity contribution in [1.29, 1.82) is 5.26 Å². The molecule has 2 aliphatic heterocycles. The van der Waals surface area contributed by atoms with Gasteiger partial charge < -0.3 is 15.2 Å². The summed E-state index contributed by atoms with van der Waals surface area (Å²) in [5.41, 5.74) is 1.58. The van der Waals surface area contributed by atoms with Crippen LogP contribution in [0.1, 0.15) is 64.1 Å². The molecule has 1 fully saturated rings. The second-order valence-electron chi connectivity index (χ2n) is 9.79. The number of fused-ring (bicyclic) bond motifs is 1. The lowest BCUT2D eigenvalue weighted by atomic mass is 10.0. The summed E-state index contributed by atoms with van der Waals surface area (Å²) in [5.74, 6) is 0.107. The predicted octanol–water partition coefficient (Wildman–Crippen LogP) is 4.24. The number of aromatic nitrogens is 2. The molecule has 0 unspecified atom stereocenters. The SMILES string of the molecule is C[C@@H](Nc1nc2c(c(=O)n1N1CCCC1)CN(C(=O)c1ccc(C#N)cc1)CC2)c1ccc(C(F)(F)F)cc1. The zero-order valence-corrected chi connectivity index (χ0v) is 21.3. The lowest BCUT2D eigenvalue weighted by Gasteiger charge is -2.31. The van der Waals surface area contributed by atoms with Gasteiger partial charge in [0.15, 0.2) is 0 Å². The van der Waals surface area contributed by atoms with Gasteiger partial charge in [-0.1, -0.05) is 12.1 Å². The van der Waals surface area contributed by atoms with E-state index in [1.165, 1.54) is 16.8 Å². The predicted molar refractivity (Wildman–Crippen MR) is 139 cm³/mol. The average Bonchev–Trinajstić information content (AvgIpc) is 3.47. The van der Waals surface area contributed by atoms with Crippen LogP contribution >= 0.6 is 0 Å². The van der Waals surface area contributed by atoms with Crippen LogP contribution in [0.5, 0.6) is 0 Å². The van der Waals surface area contributed by atoms with Crippen molar-refractivity contribution < 1.29 is 18.0 Å². The first-order valence-electron chi connectivity index (χ1n) is 12.8. The lowest BCUT2D eigenvalue weighted by Crippen LogP contribution is -2.47. The monoisotopic (exact) mass is 536 g/mol. The molecule has 11 heteroatoms. The van der Waals surface area contributed by atoms with Gasteiger partial charge in [0, 0.05) is 31.6 Å². The normalized spacial score (nSPS) is 16.0. The van der Waals surface area contributed by atoms with Crippen LogP contribution < -0.4 is 15.9 Å². The zero-order chi connectivity index (χ0) is 27.7. The van der Waals surface area contributed by atoms with Crippen molar-refractivity contribution in [3.8, 4) is 6.07 Å². The van der Waals surface area contributed by atoms with E-state index in [1.54, 1.807) is 36.1 Å². The second-order valence-corrected chi connectivity index (χ2v) is 9.79. The second kappa shape index (κ2) is 10.4. The Morgan fingerprint density at radius 1 is 1.05 bits per heavy atom. The number of nitriles is 1. The van der Waals surface area contributed by atoms with Crippen molar-refractivity contribution >= 4 is 11.9 Å². The summed E-state index contributed by atoms with van der Waals surface area (Å²) in [6.07, 6.45) is -2.20. The Morgan fingerprint density at radius 2 is 1.72 bits per heavy atom. The molecule has 2 aliphatic rings. The highest BCUT2D eigenvalue weighted by molar-refractivity contribution is 5.94. The minimum absolute atomic E-state index is 0.114. The summed E-state index contributed by atoms with van der Waals surface area (Å²) in [6.45, 7) is 3.62. The molecule has 39 heavy (non-hydrogen) atoms. The number of nitrogens with one attached hydrogen (secondary N) is 1. The number of carbonyl (C=O) groups excluding carboxylic acids is 1. The smallest absolute Gasteiger partial charge is 0.348 e. The van der Waals surface area contributed by atoms with E-state index in [0.29, 0.717) is 60.0 Å². The molecule has 3 heterocycles. The Balaban J connectivity index is 1.44. The maximum atomic E-state index is 13.8. The highest BCUT2D eigenvalue weighted by Gasteiger charge is 2.31. The highest BCUT2D eigenvalue weighted by atomic mass is 19.4. The van der Waals surface area contributed by atoms with Gasteiger partial charge in [-0.05, 0) is 61.7 Å². The molecule has 0 bridgehead atoms. The van der Waals surface area contributed by atoms with E-state index in [0.717, 1.165) is 25.0 Å². The van der Waals surface area contributed by atoms with Gasteiger partial charge in [-0.15, -0.1) is 0 Å². The third-order valence-corrected chi connectivity index (χ3v) is 7.20. The van der Waals surface area contributed by atoms with E-state index >= 15 is 0 Å². The minimum atomic E-state index is -4.42. The van der Waals surface area contributed by atoms with E-state index in [2.05, 4.69) is 5.32 Å². The molecule has 1 atom stereocenters. The average molecular weight is 537 g/mol. The third-order valence-electron chi connectivity index (χ3n) is 7.20. The molecular formula is C28H27F3N6O2. The molecule has 2 aromatic carbocycles. The number of carbonyl (C=O) groups is 1. The summed E-state index contributed by atoms with van der Waals surface area (Å²) in [4.78, 5) is 33.4. The molecule has 1 aromatic heterocycles. The van der Waals surface area contributed by atoms with Crippen molar-refractivity contribution in [3.05, 3.63) is 92.4 Å². The summed E-state index contributed by atoms with van der Waals surface area (Å²) in [6, 6.07) is 12.9. The number of rotatable bonds is 5. The largest absolute Gasteiger partial charge is 0.416 e. The molecule has 5 rings (SSSR count). The Kier molecular flexibility index (Phi) is 7.04. The minimum Gasteiger partial charge on any atom is -0.348 e. The summed E-state index contributed by atoms with van der Waals surface area (Å²) in [7, 11) is 0. The Labute approximate surface area is 223 Å². The number of anilines is 1. The molecular weight excluding hydrogens is 509 g/mol. The summed E-state index contributed by atoms with van der Waals surface area (Å²) >= 11 is 0. The highest BCUT2D eigenvalue weighted by Crippen LogP contribution is 2.30. The Morgan fingerprint density at radius 3 is 2.33 bits per heavy atom. The maximum absolute atomic E-state index is 13.8. The fourth-order valence-electron chi connectivity index (χ4n) is 5.00. The third kappa shape index (κ3) is 5.32. The van der Waals surface area contributed by atoms with E-state index in [-0.39, 0.29) is 18.0 Å². The fourth-order valence-corrected chi connectivity index (χ4v) is 5.00. The summed E-state index contributed by atoms with van der Waals surface area (Å²) in [5, 5.41) is 14.2. The van der Waals surface area contributed by atoms with Crippen LogP contribution in [0.4, 0.5) is 19.1 Å². The Hall–Kier alpha value is -4.33. The van der Waals surface area contributed by atoms with Gasteiger partial charge in [0.25, 0.3) is 11.5 Å². The van der Waals surface area contributed by atoms with Crippen LogP contribution in [0, 0.1) is 11.3 Å². The number of benzene rings is 2. The number of alkyl halides is 3. The van der Waals surface area contributed by atoms with Gasteiger partial charge in [-0.25, -0.2) is 4.98 Å². The Bertz CT molecular complexity index is 1470. The number of hydrogen-bond donors (Lipinski definition) is 1. The maximum Gasteiger partial charge on any atom is 0.416 e. The van der Waals surface area contributed by atoms with Gasteiger partial charge >= 0.3 is 6.18 Å². The van der Waals surface area contributed by atoms with Crippen LogP contribution in [-0.2, 0) is 19.1 Å².